The lowest BCUT2D eigenvalue weighted by molar-refractivity contribution is -0.139. The minimum absolute atomic E-state index is 0.00747. The summed E-state index contributed by atoms with van der Waals surface area (Å²) in [6, 6.07) is 15.4. The van der Waals surface area contributed by atoms with Crippen LogP contribution in [0.4, 0.5) is 9.18 Å². The maximum atomic E-state index is 13.0. The molecule has 0 fully saturated rings. The van der Waals surface area contributed by atoms with Crippen LogP contribution in [0.3, 0.4) is 0 Å². The largest absolute Gasteiger partial charge is 0.480 e. The van der Waals surface area contributed by atoms with Gasteiger partial charge in [0, 0.05) is 29.8 Å². The van der Waals surface area contributed by atoms with Crippen molar-refractivity contribution in [2.45, 2.75) is 19.1 Å². The van der Waals surface area contributed by atoms with Crippen LogP contribution in [-0.4, -0.2) is 28.2 Å². The number of halogens is 1. The number of furan rings is 1. The average Bonchev–Trinajstić information content (AvgIpc) is 3.21. The van der Waals surface area contributed by atoms with Gasteiger partial charge in [-0.25, -0.2) is 14.0 Å². The summed E-state index contributed by atoms with van der Waals surface area (Å²) in [6.07, 6.45) is 2.57. The maximum Gasteiger partial charge on any atom is 0.408 e. The predicted octanol–water partition coefficient (Wildman–Crippen LogP) is 4.56. The van der Waals surface area contributed by atoms with Crippen molar-refractivity contribution in [3.8, 4) is 11.1 Å². The molecule has 2 heterocycles. The van der Waals surface area contributed by atoms with Crippen molar-refractivity contribution in [2.75, 3.05) is 0 Å². The van der Waals surface area contributed by atoms with E-state index in [1.54, 1.807) is 18.5 Å². The van der Waals surface area contributed by atoms with Crippen LogP contribution in [-0.2, 0) is 22.6 Å². The first-order valence-corrected chi connectivity index (χ1v) is 9.81. The van der Waals surface area contributed by atoms with E-state index in [9.17, 15) is 19.1 Å². The highest BCUT2D eigenvalue weighted by atomic mass is 19.1. The molecule has 0 aliphatic rings. The summed E-state index contributed by atoms with van der Waals surface area (Å²) in [5, 5.41) is 12.5. The number of carbonyl (C=O) groups excluding carboxylic acids is 1. The number of aliphatic carboxylic acids is 1. The summed E-state index contributed by atoms with van der Waals surface area (Å²) in [5.41, 5.74) is 3.15. The number of fused-ring (bicyclic) bond motifs is 1. The number of benzene rings is 2. The molecule has 162 valence electrons. The Morgan fingerprint density at radius 2 is 1.91 bits per heavy atom. The normalized spacial score (nSPS) is 11.8. The van der Waals surface area contributed by atoms with E-state index in [0.29, 0.717) is 16.9 Å². The number of nitrogens with zero attached hydrogens (tertiary/aromatic N) is 1. The molecule has 4 rings (SSSR count). The van der Waals surface area contributed by atoms with E-state index in [1.165, 1.54) is 24.3 Å². The van der Waals surface area contributed by atoms with E-state index in [4.69, 9.17) is 9.15 Å². The van der Waals surface area contributed by atoms with Crippen molar-refractivity contribution in [1.29, 1.82) is 0 Å². The van der Waals surface area contributed by atoms with Gasteiger partial charge in [-0.3, -0.25) is 4.98 Å². The fourth-order valence-corrected chi connectivity index (χ4v) is 3.26. The van der Waals surface area contributed by atoms with Gasteiger partial charge in [0.15, 0.2) is 6.61 Å². The van der Waals surface area contributed by atoms with Gasteiger partial charge in [-0.05, 0) is 47.5 Å². The van der Waals surface area contributed by atoms with Crippen LogP contribution >= 0.6 is 0 Å². The van der Waals surface area contributed by atoms with Crippen molar-refractivity contribution in [1.82, 2.24) is 10.3 Å². The van der Waals surface area contributed by atoms with Gasteiger partial charge in [-0.15, -0.1) is 0 Å². The molecule has 0 saturated carbocycles. The zero-order valence-corrected chi connectivity index (χ0v) is 16.8. The lowest BCUT2D eigenvalue weighted by atomic mass is 10.1. The first-order valence-electron chi connectivity index (χ1n) is 9.81. The topological polar surface area (TPSA) is 102 Å². The Balaban J connectivity index is 1.38. The number of ether oxygens (including phenoxy) is 1. The molecule has 0 saturated heterocycles. The summed E-state index contributed by atoms with van der Waals surface area (Å²) in [7, 11) is 0. The minimum Gasteiger partial charge on any atom is -0.480 e. The second-order valence-electron chi connectivity index (χ2n) is 7.15. The molecular formula is C24H19FN2O5. The summed E-state index contributed by atoms with van der Waals surface area (Å²) < 4.78 is 23.9. The fourth-order valence-electron chi connectivity index (χ4n) is 3.26. The van der Waals surface area contributed by atoms with Gasteiger partial charge in [0.1, 0.15) is 23.2 Å². The summed E-state index contributed by atoms with van der Waals surface area (Å²) >= 11 is 0. The standard InChI is InChI=1S/C24H19FN2O5/c25-19-6-3-15(4-7-19)10-21(23(28)29)27-24(30)31-14-20-12-18-11-16(5-8-22(18)32-20)17-2-1-9-26-13-17/h1-9,11-13,21H,10,14H2,(H,27,30)(H,28,29). The van der Waals surface area contributed by atoms with Crippen LogP contribution in [0, 0.1) is 5.82 Å². The van der Waals surface area contributed by atoms with Crippen LogP contribution in [0.5, 0.6) is 0 Å². The van der Waals surface area contributed by atoms with Crippen molar-refractivity contribution >= 4 is 23.0 Å². The van der Waals surface area contributed by atoms with Crippen molar-refractivity contribution in [3.63, 3.8) is 0 Å². The maximum absolute atomic E-state index is 13.0. The van der Waals surface area contributed by atoms with Crippen LogP contribution in [0.1, 0.15) is 11.3 Å². The molecule has 0 radical (unpaired) electrons. The van der Waals surface area contributed by atoms with Crippen LogP contribution < -0.4 is 5.32 Å². The molecular weight excluding hydrogens is 415 g/mol. The molecule has 4 aromatic rings. The van der Waals surface area contributed by atoms with Crippen LogP contribution in [0.15, 0.2) is 77.5 Å². The molecule has 2 aromatic carbocycles. The Hall–Kier alpha value is -4.20. The third kappa shape index (κ3) is 5.10. The van der Waals surface area contributed by atoms with Gasteiger partial charge < -0.3 is 19.6 Å². The minimum atomic E-state index is -1.22. The highest BCUT2D eigenvalue weighted by Crippen LogP contribution is 2.26. The monoisotopic (exact) mass is 434 g/mol. The van der Waals surface area contributed by atoms with Crippen LogP contribution in [0.2, 0.25) is 0 Å². The molecule has 1 amide bonds. The summed E-state index contributed by atoms with van der Waals surface area (Å²) in [5.74, 6) is -1.23. The number of amides is 1. The average molecular weight is 434 g/mol. The molecule has 8 heteroatoms. The number of carboxylic acid groups (broad SMARTS) is 1. The molecule has 1 unspecified atom stereocenters. The Morgan fingerprint density at radius 1 is 1.09 bits per heavy atom. The molecule has 2 aromatic heterocycles. The molecule has 0 aliphatic carbocycles. The molecule has 0 bridgehead atoms. The van der Waals surface area contributed by atoms with E-state index in [0.717, 1.165) is 16.5 Å². The first kappa shape index (κ1) is 21.0. The van der Waals surface area contributed by atoms with E-state index < -0.39 is 23.9 Å². The Kier molecular flexibility index (Phi) is 6.12. The van der Waals surface area contributed by atoms with Crippen molar-refractivity contribution < 1.29 is 28.2 Å². The molecule has 0 spiro atoms. The number of carbonyl (C=O) groups is 2. The number of carboxylic acids is 1. The van der Waals surface area contributed by atoms with E-state index in [1.807, 2.05) is 30.3 Å². The first-order chi connectivity index (χ1) is 15.5. The lowest BCUT2D eigenvalue weighted by Gasteiger charge is -2.14. The number of pyridine rings is 1. The number of alkyl carbamates (subject to hydrolysis) is 1. The number of hydrogen-bond acceptors (Lipinski definition) is 5. The second-order valence-corrected chi connectivity index (χ2v) is 7.15. The molecule has 7 nitrogen and oxygen atoms in total. The third-order valence-corrected chi connectivity index (χ3v) is 4.85. The van der Waals surface area contributed by atoms with Gasteiger partial charge in [-0.1, -0.05) is 24.3 Å². The smallest absolute Gasteiger partial charge is 0.408 e. The van der Waals surface area contributed by atoms with Gasteiger partial charge >= 0.3 is 12.1 Å². The number of nitrogens with one attached hydrogen (secondary N) is 1. The number of hydrogen-bond donors (Lipinski definition) is 2. The summed E-state index contributed by atoms with van der Waals surface area (Å²) in [4.78, 5) is 27.7. The quantitative estimate of drug-likeness (QED) is 0.442. The molecule has 32 heavy (non-hydrogen) atoms. The van der Waals surface area contributed by atoms with Crippen LogP contribution in [0.25, 0.3) is 22.1 Å². The third-order valence-electron chi connectivity index (χ3n) is 4.85. The Bertz CT molecular complexity index is 1240. The molecule has 2 N–H and O–H groups in total. The summed E-state index contributed by atoms with van der Waals surface area (Å²) in [6.45, 7) is -0.161. The Labute approximate surface area is 182 Å². The van der Waals surface area contributed by atoms with E-state index in [2.05, 4.69) is 10.3 Å². The zero-order chi connectivity index (χ0) is 22.5. The van der Waals surface area contributed by atoms with Gasteiger partial charge in [0.05, 0.1) is 0 Å². The predicted molar refractivity (Wildman–Crippen MR) is 114 cm³/mol. The van der Waals surface area contributed by atoms with Gasteiger partial charge in [0.25, 0.3) is 0 Å². The van der Waals surface area contributed by atoms with Gasteiger partial charge in [-0.2, -0.15) is 0 Å². The SMILES string of the molecule is O=C(NC(Cc1ccc(F)cc1)C(=O)O)OCc1cc2cc(-c3cccnc3)ccc2o1. The van der Waals surface area contributed by atoms with E-state index >= 15 is 0 Å². The highest BCUT2D eigenvalue weighted by Gasteiger charge is 2.21. The fraction of sp³-hybridized carbons (Fsp3) is 0.125. The molecule has 1 atom stereocenters. The highest BCUT2D eigenvalue weighted by molar-refractivity contribution is 5.84. The molecule has 0 aliphatic heterocycles. The van der Waals surface area contributed by atoms with Crippen molar-refractivity contribution in [2.24, 2.45) is 0 Å². The van der Waals surface area contributed by atoms with E-state index in [-0.39, 0.29) is 13.0 Å². The Morgan fingerprint density at radius 3 is 2.62 bits per heavy atom. The van der Waals surface area contributed by atoms with Gasteiger partial charge in [0.2, 0.25) is 0 Å². The number of aromatic nitrogens is 1. The zero-order valence-electron chi connectivity index (χ0n) is 16.8. The lowest BCUT2D eigenvalue weighted by Crippen LogP contribution is -2.42. The number of rotatable bonds is 7. The second kappa shape index (κ2) is 9.30. The van der Waals surface area contributed by atoms with Crippen molar-refractivity contribution in [3.05, 3.63) is 90.2 Å².